The number of ketones is 1. The van der Waals surface area contributed by atoms with Gasteiger partial charge in [-0.3, -0.25) is 29.5 Å². The molecule has 2 heterocycles. The molecule has 2 aromatic rings. The number of carbonyl (C=O) groups excluding carboxylic acids is 3. The molecule has 0 spiro atoms. The Kier molecular flexibility index (Phi) is 10.3. The van der Waals surface area contributed by atoms with Gasteiger partial charge in [-0.15, -0.1) is 17.0 Å². The summed E-state index contributed by atoms with van der Waals surface area (Å²) in [5, 5.41) is 18.0. The van der Waals surface area contributed by atoms with Crippen molar-refractivity contribution < 1.29 is 42.9 Å². The summed E-state index contributed by atoms with van der Waals surface area (Å²) >= 11 is 0. The van der Waals surface area contributed by atoms with Crippen LogP contribution in [0.1, 0.15) is 68.1 Å². The van der Waals surface area contributed by atoms with Gasteiger partial charge in [-0.1, -0.05) is 20.8 Å². The van der Waals surface area contributed by atoms with Crippen LogP contribution in [-0.2, 0) is 26.3 Å². The number of carboxylic acids is 1. The zero-order valence-corrected chi connectivity index (χ0v) is 26.8. The fourth-order valence-electron chi connectivity index (χ4n) is 5.17. The molecule has 0 saturated heterocycles. The molecular formula is C30H36BrFN4O8. The van der Waals surface area contributed by atoms with Crippen LogP contribution in [0.15, 0.2) is 18.2 Å². The van der Waals surface area contributed by atoms with Gasteiger partial charge < -0.3 is 30.0 Å². The molecule has 12 nitrogen and oxygen atoms in total. The molecule has 1 unspecified atom stereocenters. The molecule has 1 atom stereocenters. The van der Waals surface area contributed by atoms with E-state index in [1.165, 1.54) is 11.0 Å². The number of hydrogen-bond donors (Lipinski definition) is 3. The number of halogens is 2. The molecule has 2 aliphatic heterocycles. The third-order valence-corrected chi connectivity index (χ3v) is 7.07. The number of fused-ring (bicyclic) bond motifs is 2. The molecule has 2 amide bonds. The van der Waals surface area contributed by atoms with E-state index in [0.717, 1.165) is 4.90 Å². The van der Waals surface area contributed by atoms with Crippen molar-refractivity contribution in [1.29, 1.82) is 5.41 Å². The van der Waals surface area contributed by atoms with Gasteiger partial charge in [-0.2, -0.15) is 0 Å². The molecule has 0 radical (unpaired) electrons. The summed E-state index contributed by atoms with van der Waals surface area (Å²) in [6.45, 7) is 8.71. The topological polar surface area (TPSA) is 173 Å². The first kappa shape index (κ1) is 34.3. The van der Waals surface area contributed by atoms with Gasteiger partial charge >= 0.3 is 5.97 Å². The summed E-state index contributed by atoms with van der Waals surface area (Å²) in [6, 6.07) is 4.59. The highest BCUT2D eigenvalue weighted by Gasteiger charge is 2.40. The Morgan fingerprint density at radius 3 is 2.36 bits per heavy atom. The number of anilines is 1. The Labute approximate surface area is 264 Å². The highest BCUT2D eigenvalue weighted by atomic mass is 79.9. The van der Waals surface area contributed by atoms with Crippen molar-refractivity contribution in [3.63, 3.8) is 0 Å². The Morgan fingerprint density at radius 2 is 1.80 bits per heavy atom. The molecule has 238 valence electrons. The van der Waals surface area contributed by atoms with Crippen molar-refractivity contribution >= 4 is 52.1 Å². The second-order valence-corrected chi connectivity index (χ2v) is 11.3. The van der Waals surface area contributed by atoms with Gasteiger partial charge in [0.15, 0.2) is 29.2 Å². The quantitative estimate of drug-likeness (QED) is 0.300. The highest BCUT2D eigenvalue weighted by Crippen LogP contribution is 2.44. The SMILES string of the molecule is Br.CCOc1cc2c(c(F)c1OCC)C(=N)N(CC(=O)c1cc3c(c(C(C)(C)C)c1)OC(CC(=O)O)C(=O)N3CC(N)=O)C2. The third kappa shape index (κ3) is 6.64. The first-order valence-electron chi connectivity index (χ1n) is 13.8. The van der Waals surface area contributed by atoms with E-state index in [9.17, 15) is 24.3 Å². The summed E-state index contributed by atoms with van der Waals surface area (Å²) < 4.78 is 32.4. The number of carboxylic acid groups (broad SMARTS) is 1. The molecule has 0 bridgehead atoms. The minimum absolute atomic E-state index is 0. The van der Waals surface area contributed by atoms with Gasteiger partial charge in [0.1, 0.15) is 18.1 Å². The predicted molar refractivity (Wildman–Crippen MR) is 164 cm³/mol. The molecule has 0 saturated carbocycles. The molecule has 44 heavy (non-hydrogen) atoms. The molecule has 0 aromatic heterocycles. The molecule has 0 fully saturated rings. The largest absolute Gasteiger partial charge is 0.490 e. The lowest BCUT2D eigenvalue weighted by Gasteiger charge is -2.37. The van der Waals surface area contributed by atoms with E-state index in [-0.39, 0.29) is 83.2 Å². The summed E-state index contributed by atoms with van der Waals surface area (Å²) in [4.78, 5) is 52.7. The number of benzene rings is 2. The summed E-state index contributed by atoms with van der Waals surface area (Å²) in [5.41, 5.74) is 6.03. The second kappa shape index (κ2) is 13.2. The van der Waals surface area contributed by atoms with Gasteiger partial charge in [-0.05, 0) is 43.0 Å². The smallest absolute Gasteiger partial charge is 0.307 e. The number of ether oxygens (including phenoxy) is 3. The first-order chi connectivity index (χ1) is 20.2. The zero-order valence-electron chi connectivity index (χ0n) is 25.1. The normalized spacial score (nSPS) is 15.6. The third-order valence-electron chi connectivity index (χ3n) is 7.07. The summed E-state index contributed by atoms with van der Waals surface area (Å²) in [5.74, 6) is -3.96. The zero-order chi connectivity index (χ0) is 31.8. The average Bonchev–Trinajstić information content (AvgIpc) is 3.21. The number of amides is 2. The number of amidine groups is 1. The van der Waals surface area contributed by atoms with Crippen molar-refractivity contribution in [3.8, 4) is 17.2 Å². The van der Waals surface area contributed by atoms with Crippen molar-refractivity contribution in [3.05, 3.63) is 46.3 Å². The lowest BCUT2D eigenvalue weighted by Crippen LogP contribution is -2.50. The Hall–Kier alpha value is -4.20. The van der Waals surface area contributed by atoms with Gasteiger partial charge in [0.2, 0.25) is 5.91 Å². The van der Waals surface area contributed by atoms with Crippen molar-refractivity contribution in [2.75, 3.05) is 31.2 Å². The molecule has 2 aromatic carbocycles. The van der Waals surface area contributed by atoms with E-state index in [1.807, 2.05) is 20.8 Å². The molecule has 14 heteroatoms. The minimum atomic E-state index is -1.39. The molecule has 4 rings (SSSR count). The Bertz CT molecular complexity index is 1520. The molecular weight excluding hydrogens is 643 g/mol. The molecule has 0 aliphatic carbocycles. The number of nitrogens with one attached hydrogen (secondary N) is 1. The van der Waals surface area contributed by atoms with E-state index in [2.05, 4.69) is 0 Å². The van der Waals surface area contributed by atoms with Gasteiger partial charge in [0, 0.05) is 17.7 Å². The number of Topliss-reactive ketones (excluding diaryl/α,β-unsaturated/α-hetero) is 1. The second-order valence-electron chi connectivity index (χ2n) is 11.3. The average molecular weight is 680 g/mol. The fraction of sp³-hybridized carbons (Fsp3) is 0.433. The first-order valence-corrected chi connectivity index (χ1v) is 13.8. The lowest BCUT2D eigenvalue weighted by atomic mass is 9.83. The number of aliphatic carboxylic acids is 1. The molecule has 2 aliphatic rings. The van der Waals surface area contributed by atoms with Crippen LogP contribution in [0.4, 0.5) is 10.1 Å². The Balaban J connectivity index is 0.00000529. The fourth-order valence-corrected chi connectivity index (χ4v) is 5.17. The van der Waals surface area contributed by atoms with Crippen LogP contribution in [0.3, 0.4) is 0 Å². The standard InChI is InChI=1S/C30H35FN4O8.BrH/c1-6-41-20-10-16-12-34(28(33)24(16)25(31)27(20)42-7-2)13-19(36)15-8-17(30(3,4)5)26-18(9-15)35(14-22(32)37)29(40)21(43-26)11-23(38)39;/h8-10,21,33H,6-7,11-14H2,1-5H3,(H2,32,37)(H,38,39);1H. The van der Waals surface area contributed by atoms with Crippen LogP contribution in [0, 0.1) is 11.2 Å². The monoisotopic (exact) mass is 678 g/mol. The highest BCUT2D eigenvalue weighted by molar-refractivity contribution is 8.93. The summed E-state index contributed by atoms with van der Waals surface area (Å²) in [6.07, 6.45) is -2.03. The predicted octanol–water partition coefficient (Wildman–Crippen LogP) is 3.58. The maximum Gasteiger partial charge on any atom is 0.307 e. The van der Waals surface area contributed by atoms with Gasteiger partial charge in [-0.25, -0.2) is 4.39 Å². The van der Waals surface area contributed by atoms with Crippen molar-refractivity contribution in [2.45, 2.75) is 59.1 Å². The van der Waals surface area contributed by atoms with Crippen molar-refractivity contribution in [1.82, 2.24) is 4.90 Å². The number of nitrogens with zero attached hydrogens (tertiary/aromatic N) is 2. The van der Waals surface area contributed by atoms with E-state index < -0.39 is 53.9 Å². The van der Waals surface area contributed by atoms with Crippen LogP contribution in [0.2, 0.25) is 0 Å². The van der Waals surface area contributed by atoms with E-state index in [0.29, 0.717) is 11.1 Å². The van der Waals surface area contributed by atoms with Crippen LogP contribution in [0.25, 0.3) is 0 Å². The number of primary amides is 1. The van der Waals surface area contributed by atoms with Gasteiger partial charge in [0.25, 0.3) is 5.91 Å². The van der Waals surface area contributed by atoms with Crippen LogP contribution >= 0.6 is 17.0 Å². The number of carbonyl (C=O) groups is 4. The molecule has 4 N–H and O–H groups in total. The van der Waals surface area contributed by atoms with Crippen LogP contribution in [-0.4, -0.2) is 71.8 Å². The van der Waals surface area contributed by atoms with Crippen LogP contribution in [0.5, 0.6) is 17.2 Å². The number of rotatable bonds is 11. The maximum absolute atomic E-state index is 15.5. The maximum atomic E-state index is 15.5. The van der Waals surface area contributed by atoms with E-state index in [1.54, 1.807) is 26.0 Å². The Morgan fingerprint density at radius 1 is 1.14 bits per heavy atom. The minimum Gasteiger partial charge on any atom is -0.490 e. The number of nitrogens with two attached hydrogens (primary N) is 1. The van der Waals surface area contributed by atoms with E-state index >= 15 is 4.39 Å². The summed E-state index contributed by atoms with van der Waals surface area (Å²) in [7, 11) is 0. The van der Waals surface area contributed by atoms with Crippen LogP contribution < -0.4 is 24.8 Å². The number of hydrogen-bond acceptors (Lipinski definition) is 8. The van der Waals surface area contributed by atoms with Crippen molar-refractivity contribution in [2.24, 2.45) is 5.73 Å². The van der Waals surface area contributed by atoms with E-state index in [4.69, 9.17) is 25.4 Å². The lowest BCUT2D eigenvalue weighted by molar-refractivity contribution is -0.142. The van der Waals surface area contributed by atoms with Gasteiger partial charge in [0.05, 0.1) is 37.4 Å².